The second kappa shape index (κ2) is 10.9. The van der Waals surface area contributed by atoms with E-state index in [1.54, 1.807) is 13.1 Å². The fraction of sp³-hybridized carbons (Fsp3) is 0.409. The van der Waals surface area contributed by atoms with Crippen molar-refractivity contribution in [1.29, 1.82) is 0 Å². The number of aryl methyl sites for hydroxylation is 1. The number of hydrogen-bond acceptors (Lipinski definition) is 4. The molecule has 0 spiro atoms. The molecule has 9 heteroatoms. The Balaban J connectivity index is 1.39. The Hall–Kier alpha value is -3.00. The van der Waals surface area contributed by atoms with Crippen LogP contribution < -0.4 is 10.6 Å². The van der Waals surface area contributed by atoms with Crippen LogP contribution in [0.15, 0.2) is 46.0 Å². The van der Waals surface area contributed by atoms with E-state index in [1.807, 2.05) is 41.0 Å². The van der Waals surface area contributed by atoms with Crippen molar-refractivity contribution in [2.24, 2.45) is 4.99 Å². The standard InChI is InChI=1S/C22H28ClN5O3/c1-16-8-13-31-20(16)21(30)25-9-3-10-26-22(24-2)28-12-11-27(19(29)15-28)14-17-4-6-18(23)7-5-17/h4-8,13H,3,9-12,14-15H2,1-2H3,(H,24,26)(H,25,30). The van der Waals surface area contributed by atoms with Crippen molar-refractivity contribution in [2.45, 2.75) is 19.9 Å². The van der Waals surface area contributed by atoms with Crippen molar-refractivity contribution in [3.05, 3.63) is 58.5 Å². The number of nitrogens with zero attached hydrogens (tertiary/aromatic N) is 3. The molecule has 3 rings (SSSR count). The number of carbonyl (C=O) groups is 2. The number of carbonyl (C=O) groups excluding carboxylic acids is 2. The third-order valence-corrected chi connectivity index (χ3v) is 5.36. The number of aliphatic imine (C=N–C) groups is 1. The van der Waals surface area contributed by atoms with Crippen LogP contribution in [0.1, 0.15) is 28.1 Å². The van der Waals surface area contributed by atoms with Crippen molar-refractivity contribution in [3.8, 4) is 0 Å². The number of nitrogens with one attached hydrogen (secondary N) is 2. The molecule has 31 heavy (non-hydrogen) atoms. The average Bonchev–Trinajstić information content (AvgIpc) is 3.19. The zero-order chi connectivity index (χ0) is 22.2. The second-order valence-electron chi connectivity index (χ2n) is 7.38. The molecule has 2 N–H and O–H groups in total. The predicted molar refractivity (Wildman–Crippen MR) is 120 cm³/mol. The molecule has 1 aromatic heterocycles. The summed E-state index contributed by atoms with van der Waals surface area (Å²) in [5, 5.41) is 6.79. The second-order valence-corrected chi connectivity index (χ2v) is 7.82. The highest BCUT2D eigenvalue weighted by Crippen LogP contribution is 2.13. The van der Waals surface area contributed by atoms with Gasteiger partial charge in [-0.05, 0) is 37.1 Å². The number of hydrogen-bond donors (Lipinski definition) is 2. The van der Waals surface area contributed by atoms with Gasteiger partial charge in [0, 0.05) is 50.4 Å². The lowest BCUT2D eigenvalue weighted by molar-refractivity contribution is -0.135. The van der Waals surface area contributed by atoms with E-state index in [0.29, 0.717) is 49.5 Å². The molecule has 0 atom stereocenters. The Kier molecular flexibility index (Phi) is 7.94. The first kappa shape index (κ1) is 22.7. The van der Waals surface area contributed by atoms with Gasteiger partial charge in [-0.25, -0.2) is 0 Å². The molecule has 1 aliphatic heterocycles. The van der Waals surface area contributed by atoms with Crippen LogP contribution in [-0.2, 0) is 11.3 Å². The minimum Gasteiger partial charge on any atom is -0.459 e. The van der Waals surface area contributed by atoms with E-state index in [2.05, 4.69) is 15.6 Å². The van der Waals surface area contributed by atoms with E-state index in [9.17, 15) is 9.59 Å². The number of guanidine groups is 1. The maximum absolute atomic E-state index is 12.6. The van der Waals surface area contributed by atoms with Gasteiger partial charge in [-0.1, -0.05) is 23.7 Å². The highest BCUT2D eigenvalue weighted by molar-refractivity contribution is 6.30. The molecule has 0 aliphatic carbocycles. The van der Waals surface area contributed by atoms with Crippen molar-refractivity contribution < 1.29 is 14.0 Å². The van der Waals surface area contributed by atoms with Crippen LogP contribution in [0.2, 0.25) is 5.02 Å². The van der Waals surface area contributed by atoms with Crippen molar-refractivity contribution in [2.75, 3.05) is 39.8 Å². The predicted octanol–water partition coefficient (Wildman–Crippen LogP) is 2.28. The Labute approximate surface area is 187 Å². The topological polar surface area (TPSA) is 90.2 Å². The molecule has 166 valence electrons. The summed E-state index contributed by atoms with van der Waals surface area (Å²) in [6.45, 7) is 5.15. The van der Waals surface area contributed by atoms with E-state index in [1.165, 1.54) is 6.26 Å². The Morgan fingerprint density at radius 1 is 1.16 bits per heavy atom. The van der Waals surface area contributed by atoms with Crippen molar-refractivity contribution in [1.82, 2.24) is 20.4 Å². The third-order valence-electron chi connectivity index (χ3n) is 5.11. The van der Waals surface area contributed by atoms with Crippen LogP contribution >= 0.6 is 11.6 Å². The minimum atomic E-state index is -0.214. The normalized spacial score (nSPS) is 14.7. The molecule has 1 saturated heterocycles. The summed E-state index contributed by atoms with van der Waals surface area (Å²) in [7, 11) is 1.70. The zero-order valence-electron chi connectivity index (χ0n) is 17.9. The summed E-state index contributed by atoms with van der Waals surface area (Å²) < 4.78 is 5.18. The van der Waals surface area contributed by atoms with Gasteiger partial charge in [0.1, 0.15) is 0 Å². The van der Waals surface area contributed by atoms with Gasteiger partial charge < -0.3 is 24.9 Å². The largest absolute Gasteiger partial charge is 0.459 e. The molecular formula is C22H28ClN5O3. The molecule has 2 heterocycles. The molecule has 8 nitrogen and oxygen atoms in total. The van der Waals surface area contributed by atoms with Crippen LogP contribution in [-0.4, -0.2) is 67.3 Å². The Bertz CT molecular complexity index is 925. The number of rotatable bonds is 7. The van der Waals surface area contributed by atoms with E-state index < -0.39 is 0 Å². The van der Waals surface area contributed by atoms with Gasteiger partial charge in [0.05, 0.1) is 12.8 Å². The quantitative estimate of drug-likeness (QED) is 0.387. The van der Waals surface area contributed by atoms with Gasteiger partial charge in [0.2, 0.25) is 5.91 Å². The van der Waals surface area contributed by atoms with Gasteiger partial charge in [0.25, 0.3) is 5.91 Å². The summed E-state index contributed by atoms with van der Waals surface area (Å²) >= 11 is 5.93. The number of amides is 2. The average molecular weight is 446 g/mol. The number of benzene rings is 1. The SMILES string of the molecule is CN=C(NCCCNC(=O)c1occc1C)N1CCN(Cc2ccc(Cl)cc2)C(=O)C1. The first-order valence-electron chi connectivity index (χ1n) is 10.3. The highest BCUT2D eigenvalue weighted by Gasteiger charge is 2.25. The molecule has 2 aromatic rings. The lowest BCUT2D eigenvalue weighted by Gasteiger charge is -2.36. The van der Waals surface area contributed by atoms with Crippen LogP contribution in [0.5, 0.6) is 0 Å². The first-order valence-corrected chi connectivity index (χ1v) is 10.7. The van der Waals surface area contributed by atoms with Crippen molar-refractivity contribution in [3.63, 3.8) is 0 Å². The first-order chi connectivity index (χ1) is 15.0. The molecule has 0 radical (unpaired) electrons. The smallest absolute Gasteiger partial charge is 0.287 e. The van der Waals surface area contributed by atoms with Crippen LogP contribution in [0.4, 0.5) is 0 Å². The van der Waals surface area contributed by atoms with Gasteiger partial charge in [-0.2, -0.15) is 0 Å². The molecule has 1 aromatic carbocycles. The molecule has 2 amide bonds. The van der Waals surface area contributed by atoms with Gasteiger partial charge in [-0.15, -0.1) is 0 Å². The zero-order valence-corrected chi connectivity index (χ0v) is 18.6. The molecule has 1 fully saturated rings. The van der Waals surface area contributed by atoms with E-state index in [-0.39, 0.29) is 18.4 Å². The van der Waals surface area contributed by atoms with Gasteiger partial charge >= 0.3 is 0 Å². The fourth-order valence-electron chi connectivity index (χ4n) is 3.38. The minimum absolute atomic E-state index is 0.0604. The van der Waals surface area contributed by atoms with Crippen LogP contribution in [0.25, 0.3) is 0 Å². The number of halogens is 1. The molecule has 0 saturated carbocycles. The number of furan rings is 1. The fourth-order valence-corrected chi connectivity index (χ4v) is 3.50. The summed E-state index contributed by atoms with van der Waals surface area (Å²) in [6, 6.07) is 9.31. The summed E-state index contributed by atoms with van der Waals surface area (Å²) in [5.74, 6) is 0.881. The Morgan fingerprint density at radius 2 is 1.90 bits per heavy atom. The van der Waals surface area contributed by atoms with E-state index in [4.69, 9.17) is 16.0 Å². The summed E-state index contributed by atoms with van der Waals surface area (Å²) in [6.07, 6.45) is 2.22. The van der Waals surface area contributed by atoms with Crippen LogP contribution in [0, 0.1) is 6.92 Å². The molecule has 1 aliphatic rings. The molecule has 0 unspecified atom stereocenters. The Morgan fingerprint density at radius 3 is 2.55 bits per heavy atom. The molecule has 0 bridgehead atoms. The van der Waals surface area contributed by atoms with E-state index >= 15 is 0 Å². The lowest BCUT2D eigenvalue weighted by atomic mass is 10.2. The van der Waals surface area contributed by atoms with E-state index in [0.717, 1.165) is 17.5 Å². The number of piperazine rings is 1. The van der Waals surface area contributed by atoms with Gasteiger partial charge in [0.15, 0.2) is 11.7 Å². The summed E-state index contributed by atoms with van der Waals surface area (Å²) in [5.41, 5.74) is 1.87. The monoisotopic (exact) mass is 445 g/mol. The van der Waals surface area contributed by atoms with Crippen molar-refractivity contribution >= 4 is 29.4 Å². The molecular weight excluding hydrogens is 418 g/mol. The highest BCUT2D eigenvalue weighted by atomic mass is 35.5. The lowest BCUT2D eigenvalue weighted by Crippen LogP contribution is -2.55. The maximum atomic E-state index is 12.6. The maximum Gasteiger partial charge on any atom is 0.287 e. The van der Waals surface area contributed by atoms with Gasteiger partial charge in [-0.3, -0.25) is 14.6 Å². The third kappa shape index (κ3) is 6.24. The van der Waals surface area contributed by atoms with Crippen LogP contribution in [0.3, 0.4) is 0 Å². The summed E-state index contributed by atoms with van der Waals surface area (Å²) in [4.78, 5) is 32.7.